The van der Waals surface area contributed by atoms with E-state index in [1.54, 1.807) is 7.11 Å². The van der Waals surface area contributed by atoms with Crippen LogP contribution < -0.4 is 10.9 Å². The fourth-order valence-electron chi connectivity index (χ4n) is 8.14. The predicted molar refractivity (Wildman–Crippen MR) is 207 cm³/mol. The maximum absolute atomic E-state index is 13.1. The Morgan fingerprint density at radius 1 is 1.18 bits per heavy atom. The van der Waals surface area contributed by atoms with Crippen LogP contribution in [0.5, 0.6) is 0 Å². The van der Waals surface area contributed by atoms with Crippen molar-refractivity contribution in [3.8, 4) is 11.3 Å². The number of hydrogen-bond donors (Lipinski definition) is 3. The zero-order chi connectivity index (χ0) is 36.3. The second-order valence-electron chi connectivity index (χ2n) is 15.8. The number of pyridine rings is 1. The monoisotopic (exact) mass is 720 g/mol. The Morgan fingerprint density at radius 2 is 1.94 bits per heavy atom. The van der Waals surface area contributed by atoms with Crippen molar-refractivity contribution in [2.75, 3.05) is 66.4 Å². The summed E-state index contributed by atoms with van der Waals surface area (Å²) < 4.78 is 20.0. The molecule has 3 aliphatic heterocycles. The number of nitrogens with one attached hydrogen (secondary N) is 2. The molecule has 2 aromatic heterocycles. The minimum absolute atomic E-state index is 0.177. The molecule has 2 N–H and O–H groups in total. The van der Waals surface area contributed by atoms with Crippen LogP contribution in [0.3, 0.4) is 0 Å². The van der Waals surface area contributed by atoms with E-state index in [0.29, 0.717) is 18.6 Å². The third-order valence-electron chi connectivity index (χ3n) is 11.4. The summed E-state index contributed by atoms with van der Waals surface area (Å²) in [4.78, 5) is 23.1. The zero-order valence-corrected chi connectivity index (χ0v) is 32.7. The highest BCUT2D eigenvalue weighted by atomic mass is 32.1. The molecule has 5 heterocycles. The first-order chi connectivity index (χ1) is 24.5. The second kappa shape index (κ2) is 16.7. The smallest absolute Gasteiger partial charge is 0.324 e. The van der Waals surface area contributed by atoms with Gasteiger partial charge in [0.05, 0.1) is 43.4 Å². The summed E-state index contributed by atoms with van der Waals surface area (Å²) in [5, 5.41) is 1.23. The lowest BCUT2D eigenvalue weighted by atomic mass is 9.83. The van der Waals surface area contributed by atoms with Gasteiger partial charge in [-0.25, -0.2) is 5.43 Å². The number of piperidine rings is 1. The molecule has 1 unspecified atom stereocenters. The third-order valence-corrected chi connectivity index (χ3v) is 11.7. The molecule has 11 heteroatoms. The number of aryl methyl sites for hydroxylation is 1. The van der Waals surface area contributed by atoms with Gasteiger partial charge in [0.15, 0.2) is 0 Å². The van der Waals surface area contributed by atoms with Gasteiger partial charge in [0.2, 0.25) is 0 Å². The lowest BCUT2D eigenvalue weighted by molar-refractivity contribution is -0.150. The quantitative estimate of drug-likeness (QED) is 0.139. The predicted octanol–water partition coefficient (Wildman–Crippen LogP) is 5.91. The van der Waals surface area contributed by atoms with Crippen LogP contribution in [0.25, 0.3) is 22.2 Å². The Kier molecular flexibility index (Phi) is 12.5. The standard InChI is InChI=1S/C40H60N6O4S/c1-8-46-35-12-11-28(36(24-51)44(5)6)18-31(35)33(20-40(3,4)25-50-39(47)34-10-9-15-42-43-34)38(46)32-19-29(21-41-37(32)26(2)48-7)27-13-16-45(17-14-27)30-22-49-23-30/h11-12,18-19,21,26-27,30,34,36,42-43,51H,8-10,13-17,20,22-25H2,1-7H3/t26-,34-,36?/m0/s1. The Morgan fingerprint density at radius 3 is 2.55 bits per heavy atom. The number of nitrogens with zero attached hydrogens (tertiary/aromatic N) is 4. The van der Waals surface area contributed by atoms with E-state index < -0.39 is 0 Å². The van der Waals surface area contributed by atoms with Crippen molar-refractivity contribution in [2.24, 2.45) is 5.41 Å². The number of ether oxygens (including phenoxy) is 3. The van der Waals surface area contributed by atoms with Crippen molar-refractivity contribution in [2.45, 2.75) is 96.5 Å². The Labute approximate surface area is 310 Å². The average Bonchev–Trinajstić information content (AvgIpc) is 3.41. The van der Waals surface area contributed by atoms with Gasteiger partial charge in [-0.3, -0.25) is 20.1 Å². The molecule has 0 aliphatic carbocycles. The van der Waals surface area contributed by atoms with Crippen LogP contribution in [0.1, 0.15) is 93.8 Å². The highest BCUT2D eigenvalue weighted by Crippen LogP contribution is 2.43. The number of carbonyl (C=O) groups excluding carboxylic acids is 1. The number of benzene rings is 1. The molecule has 51 heavy (non-hydrogen) atoms. The first kappa shape index (κ1) is 38.2. The molecule has 0 saturated carbocycles. The number of hydrazine groups is 1. The van der Waals surface area contributed by atoms with Gasteiger partial charge in [0.1, 0.15) is 6.04 Å². The van der Waals surface area contributed by atoms with Crippen LogP contribution in [0.2, 0.25) is 0 Å². The number of likely N-dealkylation sites (tertiary alicyclic amines) is 1. The summed E-state index contributed by atoms with van der Waals surface area (Å²) in [6, 6.07) is 9.76. The normalized spacial score (nSPS) is 20.8. The van der Waals surface area contributed by atoms with Crippen molar-refractivity contribution in [3.63, 3.8) is 0 Å². The lowest BCUT2D eigenvalue weighted by Gasteiger charge is -2.41. The Bertz CT molecular complexity index is 1640. The van der Waals surface area contributed by atoms with Gasteiger partial charge in [-0.1, -0.05) is 19.9 Å². The summed E-state index contributed by atoms with van der Waals surface area (Å²) in [5.41, 5.74) is 14.1. The zero-order valence-electron chi connectivity index (χ0n) is 31.8. The molecule has 1 aromatic carbocycles. The van der Waals surface area contributed by atoms with E-state index in [0.717, 1.165) is 88.5 Å². The van der Waals surface area contributed by atoms with Crippen LogP contribution in [0.4, 0.5) is 0 Å². The van der Waals surface area contributed by atoms with E-state index in [2.05, 4.69) is 97.5 Å². The molecule has 0 spiro atoms. The maximum Gasteiger partial charge on any atom is 0.324 e. The first-order valence-electron chi connectivity index (χ1n) is 19.0. The molecular formula is C40H60N6O4S. The van der Waals surface area contributed by atoms with E-state index in [4.69, 9.17) is 31.8 Å². The van der Waals surface area contributed by atoms with Crippen molar-refractivity contribution in [3.05, 3.63) is 52.8 Å². The number of fused-ring (bicyclic) bond motifs is 1. The van der Waals surface area contributed by atoms with Crippen LogP contribution in [-0.2, 0) is 32.0 Å². The molecule has 280 valence electrons. The van der Waals surface area contributed by atoms with Crippen molar-refractivity contribution >= 4 is 29.5 Å². The van der Waals surface area contributed by atoms with Gasteiger partial charge in [0.25, 0.3) is 0 Å². The van der Waals surface area contributed by atoms with Crippen molar-refractivity contribution in [1.29, 1.82) is 0 Å². The van der Waals surface area contributed by atoms with E-state index in [1.807, 2.05) is 0 Å². The van der Waals surface area contributed by atoms with Crippen LogP contribution >= 0.6 is 12.6 Å². The lowest BCUT2D eigenvalue weighted by Crippen LogP contribution is -2.51. The molecule has 3 saturated heterocycles. The van der Waals surface area contributed by atoms with E-state index in [9.17, 15) is 4.79 Å². The summed E-state index contributed by atoms with van der Waals surface area (Å²) in [7, 11) is 5.99. The Balaban J connectivity index is 1.44. The number of carbonyl (C=O) groups is 1. The first-order valence-corrected chi connectivity index (χ1v) is 19.6. The van der Waals surface area contributed by atoms with Gasteiger partial charge in [-0.15, -0.1) is 0 Å². The van der Waals surface area contributed by atoms with Gasteiger partial charge < -0.3 is 23.7 Å². The highest BCUT2D eigenvalue weighted by Gasteiger charge is 2.33. The third kappa shape index (κ3) is 8.35. The van der Waals surface area contributed by atoms with Crippen LogP contribution in [-0.4, -0.2) is 104 Å². The summed E-state index contributed by atoms with van der Waals surface area (Å²) in [5.74, 6) is 0.972. The number of aromatic nitrogens is 2. The minimum Gasteiger partial charge on any atom is -0.464 e. The van der Waals surface area contributed by atoms with Gasteiger partial charge in [-0.05, 0) is 114 Å². The van der Waals surface area contributed by atoms with E-state index in [1.165, 1.54) is 33.3 Å². The number of thiol groups is 1. The molecule has 3 aliphatic rings. The van der Waals surface area contributed by atoms with Gasteiger partial charge >= 0.3 is 5.97 Å². The topological polar surface area (TPSA) is 93.1 Å². The second-order valence-corrected chi connectivity index (χ2v) is 16.2. The summed E-state index contributed by atoms with van der Waals surface area (Å²) >= 11 is 4.74. The van der Waals surface area contributed by atoms with Gasteiger partial charge in [-0.2, -0.15) is 12.6 Å². The fraction of sp³-hybridized carbons (Fsp3) is 0.650. The molecule has 3 atom stereocenters. The minimum atomic E-state index is -0.337. The fourth-order valence-corrected chi connectivity index (χ4v) is 8.68. The highest BCUT2D eigenvalue weighted by molar-refractivity contribution is 7.80. The van der Waals surface area contributed by atoms with Gasteiger partial charge in [0, 0.05) is 60.1 Å². The largest absolute Gasteiger partial charge is 0.464 e. The van der Waals surface area contributed by atoms with Crippen LogP contribution in [0.15, 0.2) is 30.5 Å². The maximum atomic E-state index is 13.1. The molecule has 3 fully saturated rings. The average molecular weight is 721 g/mol. The molecule has 0 radical (unpaired) electrons. The number of hydrogen-bond acceptors (Lipinski definition) is 10. The number of esters is 1. The molecule has 0 bridgehead atoms. The molecule has 0 amide bonds. The molecule has 10 nitrogen and oxygen atoms in total. The van der Waals surface area contributed by atoms with E-state index in [-0.39, 0.29) is 29.6 Å². The van der Waals surface area contributed by atoms with Crippen molar-refractivity contribution in [1.82, 2.24) is 30.2 Å². The summed E-state index contributed by atoms with van der Waals surface area (Å²) in [6.07, 6.45) is 6.59. The van der Waals surface area contributed by atoms with Crippen LogP contribution in [0, 0.1) is 5.41 Å². The molecule has 3 aromatic rings. The number of rotatable bonds is 14. The van der Waals surface area contributed by atoms with Crippen molar-refractivity contribution < 1.29 is 19.0 Å². The van der Waals surface area contributed by atoms with E-state index >= 15 is 0 Å². The number of methoxy groups -OCH3 is 1. The summed E-state index contributed by atoms with van der Waals surface area (Å²) in [6.45, 7) is 14.6. The molecular weight excluding hydrogens is 661 g/mol. The molecule has 6 rings (SSSR count). The Hall–Kier alpha value is -2.51. The SMILES string of the molecule is CCn1c(-c2cc(C3CCN(C4COC4)CC3)cnc2[C@H](C)OC)c(CC(C)(C)COC(=O)[C@@H]2CCCNN2)c2cc(C(CS)N(C)C)ccc21.